The first-order valence-electron chi connectivity index (χ1n) is 12.3. The van der Waals surface area contributed by atoms with Crippen LogP contribution in [0.4, 0.5) is 123 Å². The van der Waals surface area contributed by atoms with Gasteiger partial charge in [0.15, 0.2) is 0 Å². The number of alkyl halides is 30. The third-order valence-electron chi connectivity index (χ3n) is 6.40. The van der Waals surface area contributed by atoms with Crippen LogP contribution in [0, 0.1) is 0 Å². The van der Waals surface area contributed by atoms with Gasteiger partial charge in [-0.2, -0.15) is 123 Å². The van der Waals surface area contributed by atoms with Crippen LogP contribution in [0.3, 0.4) is 0 Å². The number of nitrogens with one attached hydrogen (secondary N) is 2. The van der Waals surface area contributed by atoms with Crippen LogP contribution in [0.2, 0.25) is 0 Å². The fraction of sp³-hybridized carbons (Fsp3) is 0.900. The summed E-state index contributed by atoms with van der Waals surface area (Å²) in [5, 5.41) is -13.2. The largest absolute Gasteiger partial charge is 0.393 e. The number of hydrogen-bond acceptors (Lipinski definition) is 2. The minimum atomic E-state index is -8.63. The second-order valence-electron chi connectivity index (χ2n) is 10.1. The van der Waals surface area contributed by atoms with Crippen LogP contribution in [0.25, 0.3) is 0 Å². The van der Waals surface area contributed by atoms with Crippen molar-refractivity contribution in [2.45, 2.75) is 94.7 Å². The van der Waals surface area contributed by atoms with Crippen molar-refractivity contribution in [3.05, 3.63) is 0 Å². The van der Waals surface area contributed by atoms with Gasteiger partial charge in [-0.15, -0.1) is 0 Å². The lowest BCUT2D eigenvalue weighted by Gasteiger charge is -2.41. The first-order valence-corrected chi connectivity index (χ1v) is 13.0. The van der Waals surface area contributed by atoms with E-state index in [0.29, 0.717) is 10.6 Å². The summed E-state index contributed by atoms with van der Waals surface area (Å²) in [6.45, 7) is -3.64. The van der Waals surface area contributed by atoms with Crippen molar-refractivity contribution in [3.8, 4) is 0 Å². The Morgan fingerprint density at radius 1 is 0.315 bits per heavy atom. The molecular formula is C20H10Cl2F28N2O2. The molecule has 0 saturated carbocycles. The van der Waals surface area contributed by atoms with Gasteiger partial charge in [-0.3, -0.25) is 9.59 Å². The van der Waals surface area contributed by atoms with E-state index in [0.717, 1.165) is 0 Å². The molecule has 2 N–H and O–H groups in total. The smallest absolute Gasteiger partial charge is 0.351 e. The lowest BCUT2D eigenvalue weighted by Crippen LogP contribution is -2.73. The zero-order valence-electron chi connectivity index (χ0n) is 24.0. The van der Waals surface area contributed by atoms with Gasteiger partial charge >= 0.3 is 81.8 Å². The van der Waals surface area contributed by atoms with Crippen molar-refractivity contribution in [2.24, 2.45) is 0 Å². The monoisotopic (exact) mass is 912 g/mol. The summed E-state index contributed by atoms with van der Waals surface area (Å²) in [4.78, 5) is 22.6. The molecule has 0 rings (SSSR count). The van der Waals surface area contributed by atoms with Gasteiger partial charge in [0.1, 0.15) is 0 Å². The van der Waals surface area contributed by atoms with Gasteiger partial charge in [-0.05, 0) is 36.0 Å². The summed E-state index contributed by atoms with van der Waals surface area (Å²) < 4.78 is 375. The molecule has 0 aromatic rings. The first kappa shape index (κ1) is 51.6. The maximum absolute atomic E-state index is 13.8. The molecule has 0 fully saturated rings. The maximum atomic E-state index is 13.8. The van der Waals surface area contributed by atoms with E-state index < -0.39 is 120 Å². The predicted molar refractivity (Wildman–Crippen MR) is 116 cm³/mol. The van der Waals surface area contributed by atoms with Crippen LogP contribution in [0.5, 0.6) is 0 Å². The molecule has 322 valence electrons. The highest BCUT2D eigenvalue weighted by Crippen LogP contribution is 2.64. The Kier molecular flexibility index (Phi) is 13.5. The van der Waals surface area contributed by atoms with Crippen LogP contribution in [-0.4, -0.2) is 107 Å². The summed E-state index contributed by atoms with van der Waals surface area (Å²) in [7, 11) is 0. The van der Waals surface area contributed by atoms with E-state index in [9.17, 15) is 133 Å². The van der Waals surface area contributed by atoms with Gasteiger partial charge in [0, 0.05) is 13.1 Å². The van der Waals surface area contributed by atoms with Crippen molar-refractivity contribution in [1.82, 2.24) is 10.6 Å². The van der Waals surface area contributed by atoms with Crippen LogP contribution >= 0.6 is 23.2 Å². The minimum absolute atomic E-state index is 0.379. The number of unbranched alkanes of at least 4 members (excludes halogenated alkanes) is 1. The molecule has 0 aromatic carbocycles. The summed E-state index contributed by atoms with van der Waals surface area (Å²) in [5.74, 6) is -106. The Balaban J connectivity index is 5.87. The van der Waals surface area contributed by atoms with E-state index in [2.05, 4.69) is 23.2 Å². The molecule has 0 heterocycles. The van der Waals surface area contributed by atoms with Crippen molar-refractivity contribution < 1.29 is 133 Å². The highest BCUT2D eigenvalue weighted by molar-refractivity contribution is 6.22. The molecule has 4 nitrogen and oxygen atoms in total. The lowest BCUT2D eigenvalue weighted by atomic mass is 9.91. The minimum Gasteiger partial charge on any atom is -0.351 e. The van der Waals surface area contributed by atoms with Crippen molar-refractivity contribution in [3.63, 3.8) is 0 Å². The molecule has 2 amide bonds. The molecule has 0 saturated heterocycles. The van der Waals surface area contributed by atoms with Gasteiger partial charge in [-0.25, -0.2) is 0 Å². The van der Waals surface area contributed by atoms with E-state index in [1.807, 2.05) is 0 Å². The van der Waals surface area contributed by atoms with Crippen LogP contribution in [0.15, 0.2) is 0 Å². The summed E-state index contributed by atoms with van der Waals surface area (Å²) in [6.07, 6.45) is -2.78. The third-order valence-corrected chi connectivity index (χ3v) is 6.88. The molecule has 54 heavy (non-hydrogen) atoms. The molecule has 0 radical (unpaired) electrons. The Labute approximate surface area is 286 Å². The normalized spacial score (nSPS) is 16.0. The molecular weight excluding hydrogens is 903 g/mol. The molecule has 0 atom stereocenters. The van der Waals surface area contributed by atoms with Crippen molar-refractivity contribution in [1.29, 1.82) is 0 Å². The van der Waals surface area contributed by atoms with Gasteiger partial charge < -0.3 is 10.6 Å². The fourth-order valence-electron chi connectivity index (χ4n) is 3.09. The second kappa shape index (κ2) is 14.2. The Morgan fingerprint density at radius 3 is 0.667 bits per heavy atom. The van der Waals surface area contributed by atoms with Gasteiger partial charge in [0.25, 0.3) is 11.8 Å². The Hall–Kier alpha value is -2.44. The van der Waals surface area contributed by atoms with E-state index in [-0.39, 0.29) is 0 Å². The molecule has 0 aliphatic carbocycles. The molecule has 0 unspecified atom stereocenters. The molecule has 0 aliphatic heterocycles. The zero-order chi connectivity index (χ0) is 44.4. The Bertz CT molecular complexity index is 1270. The number of carbonyl (C=O) groups is 2. The molecule has 0 spiro atoms. The average molecular weight is 913 g/mol. The lowest BCUT2D eigenvalue weighted by molar-refractivity contribution is -0.431. The highest BCUT2D eigenvalue weighted by Gasteiger charge is 2.95. The van der Waals surface area contributed by atoms with E-state index >= 15 is 0 Å². The zero-order valence-corrected chi connectivity index (χ0v) is 25.5. The first-order chi connectivity index (χ1) is 23.0. The number of rotatable bonds is 19. The molecule has 0 aliphatic rings. The standard InChI is InChI=1S/C20H10Cl2F28N2O2/c21-19(47,48)17(43,44)15(39,40)13(35,36)11(31,32)9(27,28)7(23,24)5(53)51-3-1-2-4-52-6(54)8(25,26)10(29,30)12(33,34)14(37,38)16(41,42)18(45,46)20(22,49)50/h1-4H2,(H,51,53)(H,52,54). The third kappa shape index (κ3) is 7.30. The number of amides is 2. The van der Waals surface area contributed by atoms with Crippen molar-refractivity contribution >= 4 is 35.0 Å². The van der Waals surface area contributed by atoms with Gasteiger partial charge in [0.2, 0.25) is 0 Å². The Morgan fingerprint density at radius 2 is 0.481 bits per heavy atom. The van der Waals surface area contributed by atoms with Crippen molar-refractivity contribution in [2.75, 3.05) is 13.1 Å². The SMILES string of the molecule is O=C(NCCCCNC(=O)C(F)(F)C(F)(F)C(F)(F)C(F)(F)C(F)(F)C(F)(F)C(F)(F)Cl)C(F)(F)C(F)(F)C(F)(F)C(F)(F)C(F)(F)C(F)(F)C(F)(F)Cl. The quantitative estimate of drug-likeness (QED) is 0.0772. The topological polar surface area (TPSA) is 58.2 Å². The number of carbonyl (C=O) groups excluding carboxylic acids is 2. The van der Waals surface area contributed by atoms with Crippen LogP contribution in [-0.2, 0) is 9.59 Å². The molecule has 34 heteroatoms. The summed E-state index contributed by atoms with van der Waals surface area (Å²) in [5.41, 5.74) is 0. The fourth-order valence-corrected chi connectivity index (χ4v) is 3.33. The van der Waals surface area contributed by atoms with E-state index in [1.165, 1.54) is 0 Å². The van der Waals surface area contributed by atoms with Crippen LogP contribution < -0.4 is 10.6 Å². The molecule has 0 bridgehead atoms. The highest BCUT2D eigenvalue weighted by atomic mass is 35.5. The van der Waals surface area contributed by atoms with E-state index in [4.69, 9.17) is 0 Å². The van der Waals surface area contributed by atoms with Gasteiger partial charge in [0.05, 0.1) is 0 Å². The number of halogens is 30. The summed E-state index contributed by atoms with van der Waals surface area (Å²) in [6, 6.07) is 0. The number of hydrogen-bond donors (Lipinski definition) is 2. The van der Waals surface area contributed by atoms with Gasteiger partial charge in [-0.1, -0.05) is 0 Å². The average Bonchev–Trinajstić information content (AvgIpc) is 2.96. The molecule has 0 aromatic heterocycles. The van der Waals surface area contributed by atoms with Crippen LogP contribution in [0.1, 0.15) is 12.8 Å². The second-order valence-corrected chi connectivity index (χ2v) is 11.1. The predicted octanol–water partition coefficient (Wildman–Crippen LogP) is 9.29. The summed E-state index contributed by atoms with van der Waals surface area (Å²) >= 11 is 6.77. The maximum Gasteiger partial charge on any atom is 0.393 e. The van der Waals surface area contributed by atoms with E-state index in [1.54, 1.807) is 0 Å².